The smallest absolute Gasteiger partial charge is 0.257 e. The van der Waals surface area contributed by atoms with E-state index < -0.39 is 15.7 Å². The summed E-state index contributed by atoms with van der Waals surface area (Å²) in [7, 11) is -3.30. The van der Waals surface area contributed by atoms with Crippen LogP contribution in [-0.2, 0) is 9.84 Å². The van der Waals surface area contributed by atoms with Crippen LogP contribution in [0.25, 0.3) is 0 Å². The van der Waals surface area contributed by atoms with Crippen molar-refractivity contribution in [3.63, 3.8) is 0 Å². The molecule has 4 nitrogen and oxygen atoms in total. The maximum absolute atomic E-state index is 12.6. The highest BCUT2D eigenvalue weighted by Crippen LogP contribution is 2.30. The molecule has 1 N–H and O–H groups in total. The highest BCUT2D eigenvalue weighted by molar-refractivity contribution is 7.92. The summed E-state index contributed by atoms with van der Waals surface area (Å²) in [6.07, 6.45) is 3.35. The van der Waals surface area contributed by atoms with Gasteiger partial charge in [0.25, 0.3) is 5.91 Å². The molecule has 1 saturated carbocycles. The number of hydrogen-bond acceptors (Lipinski definition) is 3. The second-order valence-electron chi connectivity index (χ2n) is 6.05. The first kappa shape index (κ1) is 18.2. The maximum atomic E-state index is 12.6. The van der Waals surface area contributed by atoms with E-state index in [1.165, 1.54) is 18.2 Å². The SMILES string of the molecule is O=C(Nc1ccc(S(=O)(=O)C2CCCC2)cc1)c1cc(Cl)ccc1Cl. The number of amides is 1. The van der Waals surface area contributed by atoms with Gasteiger partial charge in [0.05, 0.1) is 20.7 Å². The van der Waals surface area contributed by atoms with E-state index in [2.05, 4.69) is 5.32 Å². The molecule has 1 aliphatic rings. The highest BCUT2D eigenvalue weighted by atomic mass is 35.5. The lowest BCUT2D eigenvalue weighted by Gasteiger charge is -2.12. The number of carbonyl (C=O) groups excluding carboxylic acids is 1. The van der Waals surface area contributed by atoms with Crippen molar-refractivity contribution in [3.05, 3.63) is 58.1 Å². The van der Waals surface area contributed by atoms with Gasteiger partial charge in [-0.1, -0.05) is 36.0 Å². The number of hydrogen-bond donors (Lipinski definition) is 1. The van der Waals surface area contributed by atoms with Gasteiger partial charge in [0, 0.05) is 10.7 Å². The topological polar surface area (TPSA) is 63.2 Å². The summed E-state index contributed by atoms with van der Waals surface area (Å²) < 4.78 is 25.1. The minimum atomic E-state index is -3.30. The Kier molecular flexibility index (Phi) is 5.37. The van der Waals surface area contributed by atoms with Gasteiger partial charge >= 0.3 is 0 Å². The molecule has 2 aromatic carbocycles. The molecule has 7 heteroatoms. The van der Waals surface area contributed by atoms with Gasteiger partial charge in [0.1, 0.15) is 0 Å². The molecule has 0 saturated heterocycles. The van der Waals surface area contributed by atoms with Crippen LogP contribution >= 0.6 is 23.2 Å². The molecule has 0 unspecified atom stereocenters. The molecule has 0 spiro atoms. The number of nitrogens with one attached hydrogen (secondary N) is 1. The third-order valence-corrected chi connectivity index (χ3v) is 7.20. The lowest BCUT2D eigenvalue weighted by atomic mass is 10.2. The van der Waals surface area contributed by atoms with Gasteiger partial charge in [-0.15, -0.1) is 0 Å². The zero-order valence-electron chi connectivity index (χ0n) is 13.3. The Balaban J connectivity index is 1.76. The molecule has 1 fully saturated rings. The Hall–Kier alpha value is -1.56. The first-order valence-corrected chi connectivity index (χ1v) is 10.3. The summed E-state index contributed by atoms with van der Waals surface area (Å²) in [5.41, 5.74) is 0.753. The largest absolute Gasteiger partial charge is 0.322 e. The number of benzene rings is 2. The molecule has 25 heavy (non-hydrogen) atoms. The summed E-state index contributed by atoms with van der Waals surface area (Å²) >= 11 is 11.9. The quantitative estimate of drug-likeness (QED) is 0.792. The number of sulfone groups is 1. The number of carbonyl (C=O) groups is 1. The van der Waals surface area contributed by atoms with E-state index in [0.717, 1.165) is 12.8 Å². The predicted molar refractivity (Wildman–Crippen MR) is 100 cm³/mol. The fraction of sp³-hybridized carbons (Fsp3) is 0.278. The van der Waals surface area contributed by atoms with Crippen molar-refractivity contribution in [2.24, 2.45) is 0 Å². The van der Waals surface area contributed by atoms with E-state index in [0.29, 0.717) is 28.6 Å². The van der Waals surface area contributed by atoms with E-state index in [-0.39, 0.29) is 15.7 Å². The molecule has 0 radical (unpaired) electrons. The molecule has 1 aliphatic carbocycles. The van der Waals surface area contributed by atoms with Gasteiger partial charge in [-0.2, -0.15) is 0 Å². The third kappa shape index (κ3) is 4.00. The predicted octanol–water partition coefficient (Wildman–Crippen LogP) is 4.96. The molecule has 0 heterocycles. The van der Waals surface area contributed by atoms with Crippen molar-refractivity contribution in [1.29, 1.82) is 0 Å². The van der Waals surface area contributed by atoms with Gasteiger partial charge in [-0.3, -0.25) is 4.79 Å². The fourth-order valence-electron chi connectivity index (χ4n) is 2.99. The summed E-state index contributed by atoms with van der Waals surface area (Å²) in [4.78, 5) is 12.6. The van der Waals surface area contributed by atoms with Gasteiger partial charge < -0.3 is 5.32 Å². The molecular formula is C18H17Cl2NO3S. The summed E-state index contributed by atoms with van der Waals surface area (Å²) in [6.45, 7) is 0. The van der Waals surface area contributed by atoms with E-state index in [1.54, 1.807) is 24.3 Å². The number of rotatable bonds is 4. The van der Waals surface area contributed by atoms with E-state index in [4.69, 9.17) is 23.2 Å². The van der Waals surface area contributed by atoms with Gasteiger partial charge in [-0.05, 0) is 55.3 Å². The zero-order chi connectivity index (χ0) is 18.0. The average molecular weight is 398 g/mol. The van der Waals surface area contributed by atoms with Crippen molar-refractivity contribution < 1.29 is 13.2 Å². The van der Waals surface area contributed by atoms with Crippen LogP contribution in [0.4, 0.5) is 5.69 Å². The van der Waals surface area contributed by atoms with Gasteiger partial charge in [-0.25, -0.2) is 8.42 Å². The molecule has 1 amide bonds. The van der Waals surface area contributed by atoms with Crippen molar-refractivity contribution in [1.82, 2.24) is 0 Å². The second kappa shape index (κ2) is 7.36. The molecule has 0 atom stereocenters. The van der Waals surface area contributed by atoms with Crippen LogP contribution in [0.3, 0.4) is 0 Å². The van der Waals surface area contributed by atoms with E-state index >= 15 is 0 Å². The van der Waals surface area contributed by atoms with Crippen LogP contribution in [0.5, 0.6) is 0 Å². The first-order chi connectivity index (χ1) is 11.9. The van der Waals surface area contributed by atoms with Gasteiger partial charge in [0.15, 0.2) is 9.84 Å². The molecule has 2 aromatic rings. The van der Waals surface area contributed by atoms with Crippen molar-refractivity contribution in [2.75, 3.05) is 5.32 Å². The Morgan fingerprint density at radius 2 is 1.64 bits per heavy atom. The van der Waals surface area contributed by atoms with Crippen LogP contribution in [0, 0.1) is 0 Å². The summed E-state index contributed by atoms with van der Waals surface area (Å²) in [5, 5.41) is 3.11. The number of halogens is 2. The maximum Gasteiger partial charge on any atom is 0.257 e. The third-order valence-electron chi connectivity index (χ3n) is 4.35. The lowest BCUT2D eigenvalue weighted by Crippen LogP contribution is -2.18. The number of anilines is 1. The van der Waals surface area contributed by atoms with Crippen molar-refractivity contribution in [2.45, 2.75) is 35.8 Å². The molecule has 3 rings (SSSR count). The van der Waals surface area contributed by atoms with E-state index in [1.807, 2.05) is 0 Å². The fourth-order valence-corrected chi connectivity index (χ4v) is 5.22. The highest BCUT2D eigenvalue weighted by Gasteiger charge is 2.30. The average Bonchev–Trinajstić information content (AvgIpc) is 3.13. The monoisotopic (exact) mass is 397 g/mol. The van der Waals surface area contributed by atoms with Crippen LogP contribution in [0.15, 0.2) is 47.4 Å². The van der Waals surface area contributed by atoms with Crippen molar-refractivity contribution >= 4 is 44.6 Å². The van der Waals surface area contributed by atoms with Crippen LogP contribution in [0.2, 0.25) is 10.0 Å². The van der Waals surface area contributed by atoms with Gasteiger partial charge in [0.2, 0.25) is 0 Å². The Labute approximate surface area is 157 Å². The minimum Gasteiger partial charge on any atom is -0.322 e. The molecule has 0 aliphatic heterocycles. The Morgan fingerprint density at radius 3 is 2.28 bits per heavy atom. The van der Waals surface area contributed by atoms with Crippen LogP contribution in [0.1, 0.15) is 36.0 Å². The Morgan fingerprint density at radius 1 is 1.00 bits per heavy atom. The second-order valence-corrected chi connectivity index (χ2v) is 9.13. The van der Waals surface area contributed by atoms with E-state index in [9.17, 15) is 13.2 Å². The summed E-state index contributed by atoms with van der Waals surface area (Å²) in [5.74, 6) is -0.404. The zero-order valence-corrected chi connectivity index (χ0v) is 15.7. The molecule has 132 valence electrons. The van der Waals surface area contributed by atoms with Crippen molar-refractivity contribution in [3.8, 4) is 0 Å². The lowest BCUT2D eigenvalue weighted by molar-refractivity contribution is 0.102. The molecule has 0 bridgehead atoms. The molecular weight excluding hydrogens is 381 g/mol. The summed E-state index contributed by atoms with van der Waals surface area (Å²) in [6, 6.07) is 10.9. The normalized spacial score (nSPS) is 15.3. The van der Waals surface area contributed by atoms with Crippen LogP contribution < -0.4 is 5.32 Å². The molecule has 0 aromatic heterocycles. The first-order valence-electron chi connectivity index (χ1n) is 7.98. The van der Waals surface area contributed by atoms with Crippen LogP contribution in [-0.4, -0.2) is 19.6 Å². The minimum absolute atomic E-state index is 0.261. The Bertz CT molecular complexity index is 889. The standard InChI is InChI=1S/C18H17Cl2NO3S/c19-12-5-10-17(20)16(11-12)18(22)21-13-6-8-15(9-7-13)25(23,24)14-3-1-2-4-14/h5-11,14H,1-4H2,(H,21,22).